The lowest BCUT2D eigenvalue weighted by molar-refractivity contribution is -0.115. The third-order valence-corrected chi connectivity index (χ3v) is 3.84. The minimum atomic E-state index is -0.421. The molecule has 6 nitrogen and oxygen atoms in total. The number of nitrogens with one attached hydrogen (secondary N) is 3. The second-order valence-electron chi connectivity index (χ2n) is 5.31. The lowest BCUT2D eigenvalue weighted by atomic mass is 10.2. The summed E-state index contributed by atoms with van der Waals surface area (Å²) in [5.41, 5.74) is 2.40. The van der Waals surface area contributed by atoms with Crippen molar-refractivity contribution in [2.75, 3.05) is 11.9 Å². The molecule has 1 aromatic heterocycles. The van der Waals surface area contributed by atoms with Crippen LogP contribution in [-0.4, -0.2) is 23.5 Å². The lowest BCUT2D eigenvalue weighted by Gasteiger charge is -2.14. The number of hydrogen-bond acceptors (Lipinski definition) is 3. The molecule has 0 saturated carbocycles. The largest absolute Gasteiger partial charge is 0.330 e. The van der Waals surface area contributed by atoms with E-state index in [9.17, 15) is 9.59 Å². The van der Waals surface area contributed by atoms with Gasteiger partial charge in [-0.15, -0.1) is 0 Å². The van der Waals surface area contributed by atoms with Crippen LogP contribution in [0.2, 0.25) is 0 Å². The van der Waals surface area contributed by atoms with Crippen LogP contribution >= 0.6 is 15.9 Å². The average molecular weight is 391 g/mol. The van der Waals surface area contributed by atoms with Crippen molar-refractivity contribution in [3.8, 4) is 0 Å². The van der Waals surface area contributed by atoms with Gasteiger partial charge in [-0.05, 0) is 49.7 Å². The van der Waals surface area contributed by atoms with E-state index in [0.29, 0.717) is 5.69 Å². The highest BCUT2D eigenvalue weighted by molar-refractivity contribution is 9.10. The molecule has 0 bridgehead atoms. The summed E-state index contributed by atoms with van der Waals surface area (Å²) in [7, 11) is 0. The Morgan fingerprint density at radius 1 is 1.25 bits per heavy atom. The van der Waals surface area contributed by atoms with Crippen LogP contribution < -0.4 is 16.0 Å². The molecule has 7 heteroatoms. The number of rotatable bonds is 5. The van der Waals surface area contributed by atoms with Crippen LogP contribution in [0.5, 0.6) is 0 Å². The van der Waals surface area contributed by atoms with Gasteiger partial charge in [-0.2, -0.15) is 0 Å². The maximum absolute atomic E-state index is 11.9. The van der Waals surface area contributed by atoms with Gasteiger partial charge in [-0.25, -0.2) is 4.79 Å². The van der Waals surface area contributed by atoms with Gasteiger partial charge in [-0.3, -0.25) is 9.78 Å². The van der Waals surface area contributed by atoms with Gasteiger partial charge in [0.05, 0.1) is 18.3 Å². The number of carbonyl (C=O) groups is 2. The van der Waals surface area contributed by atoms with E-state index in [2.05, 4.69) is 36.9 Å². The number of anilines is 1. The van der Waals surface area contributed by atoms with Crippen molar-refractivity contribution < 1.29 is 9.59 Å². The van der Waals surface area contributed by atoms with Gasteiger partial charge in [0.1, 0.15) is 0 Å². The van der Waals surface area contributed by atoms with E-state index in [1.54, 1.807) is 12.3 Å². The van der Waals surface area contributed by atoms with Gasteiger partial charge in [-0.1, -0.05) is 22.0 Å². The highest BCUT2D eigenvalue weighted by Crippen LogP contribution is 2.19. The van der Waals surface area contributed by atoms with Gasteiger partial charge in [0.2, 0.25) is 5.91 Å². The summed E-state index contributed by atoms with van der Waals surface area (Å²) in [5, 5.41) is 8.03. The molecular formula is C17H19BrN4O2. The number of aromatic nitrogens is 1. The molecule has 0 radical (unpaired) electrons. The van der Waals surface area contributed by atoms with Gasteiger partial charge in [0.15, 0.2) is 0 Å². The maximum atomic E-state index is 11.9. The molecule has 1 heterocycles. The van der Waals surface area contributed by atoms with Gasteiger partial charge in [0, 0.05) is 16.4 Å². The summed E-state index contributed by atoms with van der Waals surface area (Å²) >= 11 is 3.37. The molecule has 0 fully saturated rings. The van der Waals surface area contributed by atoms with Crippen molar-refractivity contribution in [1.29, 1.82) is 0 Å². The standard InChI is InChI=1S/C17H19BrN4O2/c1-11-9-13(18)6-7-14(11)22-16(23)10-20-17(24)21-12(2)15-5-3-4-8-19-15/h3-9,12H,10H2,1-2H3,(H,22,23)(H2,20,21,24). The second kappa shape index (κ2) is 8.44. The number of aryl methyl sites for hydroxylation is 1. The van der Waals surface area contributed by atoms with E-state index >= 15 is 0 Å². The molecule has 2 aromatic rings. The minimum absolute atomic E-state index is 0.115. The van der Waals surface area contributed by atoms with Crippen LogP contribution in [0.1, 0.15) is 24.2 Å². The van der Waals surface area contributed by atoms with E-state index in [1.165, 1.54) is 0 Å². The molecule has 2 rings (SSSR count). The van der Waals surface area contributed by atoms with Crippen molar-refractivity contribution in [3.05, 3.63) is 58.3 Å². The smallest absolute Gasteiger partial charge is 0.315 e. The maximum Gasteiger partial charge on any atom is 0.315 e. The fourth-order valence-electron chi connectivity index (χ4n) is 2.08. The van der Waals surface area contributed by atoms with Crippen molar-refractivity contribution in [3.63, 3.8) is 0 Å². The Kier molecular flexibility index (Phi) is 6.31. The predicted octanol–water partition coefficient (Wildman–Crippen LogP) is 3.15. The Morgan fingerprint density at radius 3 is 2.71 bits per heavy atom. The summed E-state index contributed by atoms with van der Waals surface area (Å²) in [6.07, 6.45) is 1.67. The number of hydrogen-bond donors (Lipinski definition) is 3. The van der Waals surface area contributed by atoms with Gasteiger partial charge < -0.3 is 16.0 Å². The van der Waals surface area contributed by atoms with Crippen LogP contribution in [0.15, 0.2) is 47.1 Å². The van der Waals surface area contributed by atoms with Gasteiger partial charge in [0.25, 0.3) is 0 Å². The van der Waals surface area contributed by atoms with Gasteiger partial charge >= 0.3 is 6.03 Å². The van der Waals surface area contributed by atoms with Crippen molar-refractivity contribution in [2.45, 2.75) is 19.9 Å². The number of pyridine rings is 1. The molecule has 1 unspecified atom stereocenters. The molecule has 0 aliphatic heterocycles. The minimum Gasteiger partial charge on any atom is -0.330 e. The van der Waals surface area contributed by atoms with E-state index in [4.69, 9.17) is 0 Å². The molecule has 0 aliphatic carbocycles. The first-order valence-corrected chi connectivity index (χ1v) is 8.26. The molecule has 1 aromatic carbocycles. The van der Waals surface area contributed by atoms with Crippen molar-refractivity contribution >= 4 is 33.6 Å². The van der Waals surface area contributed by atoms with Crippen LogP contribution in [0.25, 0.3) is 0 Å². The molecular weight excluding hydrogens is 372 g/mol. The first kappa shape index (κ1) is 17.9. The number of halogens is 1. The predicted molar refractivity (Wildman–Crippen MR) is 96.7 cm³/mol. The third kappa shape index (κ3) is 5.34. The summed E-state index contributed by atoms with van der Waals surface area (Å²) in [6.45, 7) is 3.61. The van der Waals surface area contributed by atoms with Crippen LogP contribution in [0.3, 0.4) is 0 Å². The molecule has 3 N–H and O–H groups in total. The monoisotopic (exact) mass is 390 g/mol. The molecule has 3 amide bonds. The number of nitrogens with zero attached hydrogens (tertiary/aromatic N) is 1. The molecule has 126 valence electrons. The summed E-state index contributed by atoms with van der Waals surface area (Å²) < 4.78 is 0.944. The zero-order valence-electron chi connectivity index (χ0n) is 13.5. The van der Waals surface area contributed by atoms with E-state index in [0.717, 1.165) is 15.7 Å². The summed E-state index contributed by atoms with van der Waals surface area (Å²) in [5.74, 6) is -0.291. The van der Waals surface area contributed by atoms with Crippen molar-refractivity contribution in [1.82, 2.24) is 15.6 Å². The van der Waals surface area contributed by atoms with E-state index < -0.39 is 6.03 Å². The quantitative estimate of drug-likeness (QED) is 0.732. The molecule has 24 heavy (non-hydrogen) atoms. The Labute approximate surface area is 149 Å². The fraction of sp³-hybridized carbons (Fsp3) is 0.235. The number of urea groups is 1. The normalized spacial score (nSPS) is 11.5. The number of benzene rings is 1. The van der Waals surface area contributed by atoms with Crippen LogP contribution in [0, 0.1) is 6.92 Å². The third-order valence-electron chi connectivity index (χ3n) is 3.35. The molecule has 0 saturated heterocycles. The van der Waals surface area contributed by atoms with E-state index in [1.807, 2.05) is 44.2 Å². The molecule has 0 spiro atoms. The zero-order valence-corrected chi connectivity index (χ0v) is 15.1. The zero-order chi connectivity index (χ0) is 17.5. The molecule has 1 atom stereocenters. The molecule has 0 aliphatic rings. The topological polar surface area (TPSA) is 83.1 Å². The Balaban J connectivity index is 1.80. The van der Waals surface area contributed by atoms with Crippen molar-refractivity contribution in [2.24, 2.45) is 0 Å². The second-order valence-corrected chi connectivity index (χ2v) is 6.23. The number of carbonyl (C=O) groups excluding carboxylic acids is 2. The summed E-state index contributed by atoms with van der Waals surface area (Å²) in [4.78, 5) is 28.0. The Hall–Kier alpha value is -2.41. The SMILES string of the molecule is Cc1cc(Br)ccc1NC(=O)CNC(=O)NC(C)c1ccccn1. The lowest BCUT2D eigenvalue weighted by Crippen LogP contribution is -2.41. The van der Waals surface area contributed by atoms with Crippen LogP contribution in [0.4, 0.5) is 10.5 Å². The summed E-state index contributed by atoms with van der Waals surface area (Å²) in [6, 6.07) is 10.4. The Bertz CT molecular complexity index is 722. The first-order valence-electron chi connectivity index (χ1n) is 7.47. The highest BCUT2D eigenvalue weighted by Gasteiger charge is 2.11. The average Bonchev–Trinajstić information content (AvgIpc) is 2.56. The first-order chi connectivity index (χ1) is 11.5. The highest BCUT2D eigenvalue weighted by atomic mass is 79.9. The van der Waals surface area contributed by atoms with E-state index in [-0.39, 0.29) is 18.5 Å². The Morgan fingerprint density at radius 2 is 2.04 bits per heavy atom. The fourth-order valence-corrected chi connectivity index (χ4v) is 2.55. The number of amides is 3. The van der Waals surface area contributed by atoms with Crippen LogP contribution in [-0.2, 0) is 4.79 Å².